The summed E-state index contributed by atoms with van der Waals surface area (Å²) >= 11 is 4.91. The molecule has 0 atom stereocenters. The minimum absolute atomic E-state index is 0.499. The lowest BCUT2D eigenvalue weighted by atomic mass is 10.2. The maximum atomic E-state index is 5.71. The second-order valence-electron chi connectivity index (χ2n) is 5.29. The molecule has 8 nitrogen and oxygen atoms in total. The maximum absolute atomic E-state index is 5.71. The van der Waals surface area contributed by atoms with Gasteiger partial charge in [0.05, 0.1) is 12.3 Å². The highest BCUT2D eigenvalue weighted by molar-refractivity contribution is 9.10. The molecule has 0 aliphatic heterocycles. The van der Waals surface area contributed by atoms with Gasteiger partial charge in [0.1, 0.15) is 0 Å². The third-order valence-corrected chi connectivity index (χ3v) is 4.56. The Hall–Kier alpha value is -1.78. The predicted octanol–water partition coefficient (Wildman–Crippen LogP) is 2.34. The first-order valence-electron chi connectivity index (χ1n) is 7.24. The number of halogens is 1. The fourth-order valence-corrected chi connectivity index (χ4v) is 3.05. The standard InChI is InChI=1S/C14H16BrN7OS/c1-21(2)6-7-22-14(18-19-20-22)24-9-12-16-17-13(23-12)10-4-3-5-11(15)8-10/h3-5,8H,6-7,9H2,1-2H3. The third kappa shape index (κ3) is 4.40. The predicted molar refractivity (Wildman–Crippen MR) is 93.4 cm³/mol. The van der Waals surface area contributed by atoms with Crippen molar-refractivity contribution in [2.24, 2.45) is 0 Å². The van der Waals surface area contributed by atoms with E-state index in [0.717, 1.165) is 28.3 Å². The van der Waals surface area contributed by atoms with Gasteiger partial charge in [0.15, 0.2) is 0 Å². The highest BCUT2D eigenvalue weighted by atomic mass is 79.9. The second-order valence-corrected chi connectivity index (χ2v) is 7.15. The monoisotopic (exact) mass is 409 g/mol. The molecule has 1 aromatic carbocycles. The van der Waals surface area contributed by atoms with Crippen molar-refractivity contribution < 1.29 is 4.42 Å². The summed E-state index contributed by atoms with van der Waals surface area (Å²) in [7, 11) is 4.03. The average Bonchev–Trinajstić information content (AvgIpc) is 3.20. The van der Waals surface area contributed by atoms with Crippen molar-refractivity contribution in [3.8, 4) is 11.5 Å². The molecule has 0 N–H and O–H groups in total. The first-order chi connectivity index (χ1) is 11.6. The summed E-state index contributed by atoms with van der Waals surface area (Å²) in [6.07, 6.45) is 0. The molecule has 0 aliphatic rings. The molecule has 2 heterocycles. The zero-order chi connectivity index (χ0) is 16.9. The van der Waals surface area contributed by atoms with Crippen molar-refractivity contribution >= 4 is 27.7 Å². The van der Waals surface area contributed by atoms with Crippen LogP contribution in [0.4, 0.5) is 0 Å². The van der Waals surface area contributed by atoms with Crippen LogP contribution < -0.4 is 0 Å². The molecule has 24 heavy (non-hydrogen) atoms. The Labute approximate surface area is 151 Å². The lowest BCUT2D eigenvalue weighted by molar-refractivity contribution is 0.361. The van der Waals surface area contributed by atoms with Crippen LogP contribution in [0.3, 0.4) is 0 Å². The summed E-state index contributed by atoms with van der Waals surface area (Å²) in [5.74, 6) is 1.56. The van der Waals surface area contributed by atoms with Gasteiger partial charge < -0.3 is 9.32 Å². The fraction of sp³-hybridized carbons (Fsp3) is 0.357. The van der Waals surface area contributed by atoms with Crippen LogP contribution >= 0.6 is 27.7 Å². The van der Waals surface area contributed by atoms with Gasteiger partial charge in [-0.2, -0.15) is 0 Å². The number of aromatic nitrogens is 6. The van der Waals surface area contributed by atoms with Gasteiger partial charge in [0, 0.05) is 16.6 Å². The number of benzene rings is 1. The lowest BCUT2D eigenvalue weighted by Crippen LogP contribution is -2.19. The minimum Gasteiger partial charge on any atom is -0.420 e. The van der Waals surface area contributed by atoms with E-state index in [-0.39, 0.29) is 0 Å². The molecule has 0 spiro atoms. The number of rotatable bonds is 7. The fourth-order valence-electron chi connectivity index (χ4n) is 1.91. The van der Waals surface area contributed by atoms with Crippen molar-refractivity contribution in [2.75, 3.05) is 20.6 Å². The lowest BCUT2D eigenvalue weighted by Gasteiger charge is -2.09. The van der Waals surface area contributed by atoms with Crippen LogP contribution in [0, 0.1) is 0 Å². The van der Waals surface area contributed by atoms with E-state index >= 15 is 0 Å². The normalized spacial score (nSPS) is 11.3. The number of hydrogen-bond donors (Lipinski definition) is 0. The van der Waals surface area contributed by atoms with Gasteiger partial charge >= 0.3 is 0 Å². The van der Waals surface area contributed by atoms with Crippen molar-refractivity contribution in [3.05, 3.63) is 34.6 Å². The smallest absolute Gasteiger partial charge is 0.247 e. The molecule has 2 aromatic heterocycles. The summed E-state index contributed by atoms with van der Waals surface area (Å²) < 4.78 is 8.45. The highest BCUT2D eigenvalue weighted by Gasteiger charge is 2.12. The summed E-state index contributed by atoms with van der Waals surface area (Å²) in [6, 6.07) is 7.74. The molecule has 0 amide bonds. The van der Waals surface area contributed by atoms with Crippen LogP contribution in [0.1, 0.15) is 5.89 Å². The molecule has 0 fully saturated rings. The summed E-state index contributed by atoms with van der Waals surface area (Å²) in [5, 5.41) is 20.7. The largest absolute Gasteiger partial charge is 0.420 e. The number of nitrogens with zero attached hydrogens (tertiary/aromatic N) is 7. The van der Waals surface area contributed by atoms with Gasteiger partial charge in [0.2, 0.25) is 16.9 Å². The van der Waals surface area contributed by atoms with Crippen molar-refractivity contribution in [3.63, 3.8) is 0 Å². The zero-order valence-electron chi connectivity index (χ0n) is 13.3. The van der Waals surface area contributed by atoms with E-state index in [4.69, 9.17) is 4.42 Å². The second kappa shape index (κ2) is 7.86. The molecule has 3 aromatic rings. The Morgan fingerprint density at radius 1 is 1.25 bits per heavy atom. The molecule has 0 bridgehead atoms. The Kier molecular flexibility index (Phi) is 5.59. The van der Waals surface area contributed by atoms with E-state index in [1.54, 1.807) is 4.68 Å². The van der Waals surface area contributed by atoms with E-state index in [0.29, 0.717) is 17.5 Å². The Morgan fingerprint density at radius 2 is 2.12 bits per heavy atom. The van der Waals surface area contributed by atoms with Gasteiger partial charge in [-0.1, -0.05) is 33.8 Å². The summed E-state index contributed by atoms with van der Waals surface area (Å²) in [5.41, 5.74) is 0.879. The zero-order valence-corrected chi connectivity index (χ0v) is 15.7. The van der Waals surface area contributed by atoms with Crippen LogP contribution in [-0.2, 0) is 12.3 Å². The van der Waals surface area contributed by atoms with Crippen molar-refractivity contribution in [1.82, 2.24) is 35.3 Å². The van der Waals surface area contributed by atoms with E-state index in [1.165, 1.54) is 11.8 Å². The molecule has 0 saturated heterocycles. The van der Waals surface area contributed by atoms with Gasteiger partial charge in [-0.05, 0) is 42.7 Å². The van der Waals surface area contributed by atoms with Crippen LogP contribution in [0.15, 0.2) is 38.3 Å². The molecular weight excluding hydrogens is 394 g/mol. The molecule has 3 rings (SSSR count). The van der Waals surface area contributed by atoms with E-state index in [9.17, 15) is 0 Å². The van der Waals surface area contributed by atoms with Crippen molar-refractivity contribution in [2.45, 2.75) is 17.5 Å². The molecule has 0 unspecified atom stereocenters. The molecule has 0 radical (unpaired) electrons. The van der Waals surface area contributed by atoms with E-state index in [1.807, 2.05) is 38.4 Å². The maximum Gasteiger partial charge on any atom is 0.247 e. The number of likely N-dealkylation sites (N-methyl/N-ethyl adjacent to an activating group) is 1. The van der Waals surface area contributed by atoms with Crippen LogP contribution in [0.2, 0.25) is 0 Å². The molecule has 0 saturated carbocycles. The van der Waals surface area contributed by atoms with E-state index in [2.05, 4.69) is 46.6 Å². The van der Waals surface area contributed by atoms with Gasteiger partial charge in [0.25, 0.3) is 0 Å². The topological polar surface area (TPSA) is 85.8 Å². The number of tetrazole rings is 1. The quantitative estimate of drug-likeness (QED) is 0.549. The Bertz CT molecular complexity index is 804. The van der Waals surface area contributed by atoms with Gasteiger partial charge in [-0.25, -0.2) is 4.68 Å². The van der Waals surface area contributed by atoms with Crippen LogP contribution in [-0.4, -0.2) is 55.9 Å². The molecule has 0 aliphatic carbocycles. The van der Waals surface area contributed by atoms with Crippen molar-refractivity contribution in [1.29, 1.82) is 0 Å². The van der Waals surface area contributed by atoms with E-state index < -0.39 is 0 Å². The molecular formula is C14H16BrN7OS. The Morgan fingerprint density at radius 3 is 2.92 bits per heavy atom. The summed E-state index contributed by atoms with van der Waals surface area (Å²) in [4.78, 5) is 2.08. The van der Waals surface area contributed by atoms with Crippen LogP contribution in [0.5, 0.6) is 0 Å². The van der Waals surface area contributed by atoms with Gasteiger partial charge in [-0.3, -0.25) is 0 Å². The van der Waals surface area contributed by atoms with Crippen LogP contribution in [0.25, 0.3) is 11.5 Å². The first-order valence-corrected chi connectivity index (χ1v) is 9.01. The summed E-state index contributed by atoms with van der Waals surface area (Å²) in [6.45, 7) is 1.60. The minimum atomic E-state index is 0.499. The third-order valence-electron chi connectivity index (χ3n) is 3.12. The average molecular weight is 410 g/mol. The first kappa shape index (κ1) is 17.1. The number of thioether (sulfide) groups is 1. The number of hydrogen-bond acceptors (Lipinski definition) is 8. The Balaban J connectivity index is 1.63. The SMILES string of the molecule is CN(C)CCn1nnnc1SCc1nnc(-c2cccc(Br)c2)o1. The molecule has 10 heteroatoms. The highest BCUT2D eigenvalue weighted by Crippen LogP contribution is 2.24. The molecule has 126 valence electrons. The van der Waals surface area contributed by atoms with Gasteiger partial charge in [-0.15, -0.1) is 15.3 Å².